The van der Waals surface area contributed by atoms with E-state index in [0.717, 1.165) is 31.5 Å². The Kier molecular flexibility index (Phi) is 4.43. The van der Waals surface area contributed by atoms with Crippen molar-refractivity contribution in [2.45, 2.75) is 52.0 Å². The highest BCUT2D eigenvalue weighted by Crippen LogP contribution is 2.31. The third kappa shape index (κ3) is 3.01. The number of unbranched alkanes of at least 4 members (excludes halogenated alkanes) is 1. The number of fused-ring (bicyclic) bond motifs is 1. The number of hydrogen-bond donors (Lipinski definition) is 2. The Labute approximate surface area is 104 Å². The number of nitrogens with one attached hydrogen (secondary N) is 1. The molecule has 2 heteroatoms. The summed E-state index contributed by atoms with van der Waals surface area (Å²) in [5.41, 5.74) is 3.61. The molecule has 1 aliphatic carbocycles. The van der Waals surface area contributed by atoms with Crippen LogP contribution < -0.4 is 5.32 Å². The first-order valence-electron chi connectivity index (χ1n) is 6.86. The molecule has 1 aliphatic rings. The molecule has 2 rings (SSSR count). The van der Waals surface area contributed by atoms with Crippen molar-refractivity contribution in [2.75, 3.05) is 6.54 Å². The van der Waals surface area contributed by atoms with Gasteiger partial charge in [-0.3, -0.25) is 0 Å². The first kappa shape index (κ1) is 12.4. The van der Waals surface area contributed by atoms with E-state index in [-0.39, 0.29) is 0 Å². The fourth-order valence-electron chi connectivity index (χ4n) is 2.52. The van der Waals surface area contributed by atoms with Gasteiger partial charge in [0, 0.05) is 12.1 Å². The Bertz CT molecular complexity index is 373. The maximum atomic E-state index is 10.3. The van der Waals surface area contributed by atoms with Gasteiger partial charge < -0.3 is 10.4 Å². The van der Waals surface area contributed by atoms with Crippen molar-refractivity contribution in [1.82, 2.24) is 5.32 Å². The molecule has 2 N–H and O–H groups in total. The average Bonchev–Trinajstić information content (AvgIpc) is 2.37. The Hall–Kier alpha value is -1.02. The summed E-state index contributed by atoms with van der Waals surface area (Å²) in [4.78, 5) is 0. The summed E-state index contributed by atoms with van der Waals surface area (Å²) in [5.74, 6) is 0.547. The molecule has 0 spiro atoms. The van der Waals surface area contributed by atoms with E-state index in [2.05, 4.69) is 24.4 Å². The number of hydrogen-bond acceptors (Lipinski definition) is 2. The molecular formula is C15H23NO. The summed E-state index contributed by atoms with van der Waals surface area (Å²) in [6.45, 7) is 4.02. The summed E-state index contributed by atoms with van der Waals surface area (Å²) < 4.78 is 0. The van der Waals surface area contributed by atoms with Crippen LogP contribution in [0.1, 0.15) is 49.3 Å². The van der Waals surface area contributed by atoms with E-state index >= 15 is 0 Å². The van der Waals surface area contributed by atoms with Crippen LogP contribution in [-0.2, 0) is 19.4 Å². The quantitative estimate of drug-likeness (QED) is 0.766. The predicted octanol–water partition coefficient (Wildman–Crippen LogP) is 3.16. The number of benzene rings is 1. The molecule has 1 aromatic rings. The van der Waals surface area contributed by atoms with Crippen molar-refractivity contribution in [1.29, 1.82) is 0 Å². The van der Waals surface area contributed by atoms with E-state index in [9.17, 15) is 5.11 Å². The minimum absolute atomic E-state index is 0.547. The lowest BCUT2D eigenvalue weighted by atomic mass is 9.89. The molecule has 0 aromatic heterocycles. The van der Waals surface area contributed by atoms with Gasteiger partial charge in [-0.1, -0.05) is 25.5 Å². The van der Waals surface area contributed by atoms with Gasteiger partial charge in [-0.25, -0.2) is 0 Å². The van der Waals surface area contributed by atoms with Gasteiger partial charge in [0.1, 0.15) is 5.75 Å². The highest BCUT2D eigenvalue weighted by atomic mass is 16.3. The van der Waals surface area contributed by atoms with Crippen LogP contribution >= 0.6 is 0 Å². The highest BCUT2D eigenvalue weighted by molar-refractivity contribution is 5.46. The lowest BCUT2D eigenvalue weighted by molar-refractivity contribution is 0.451. The maximum Gasteiger partial charge on any atom is 0.123 e. The molecule has 94 valence electrons. The fourth-order valence-corrected chi connectivity index (χ4v) is 2.52. The van der Waals surface area contributed by atoms with Crippen LogP contribution in [0.2, 0.25) is 0 Å². The zero-order valence-corrected chi connectivity index (χ0v) is 10.8. The summed E-state index contributed by atoms with van der Waals surface area (Å²) in [5, 5.41) is 13.6. The second-order valence-corrected chi connectivity index (χ2v) is 4.95. The van der Waals surface area contributed by atoms with Crippen molar-refractivity contribution in [3.8, 4) is 5.75 Å². The van der Waals surface area contributed by atoms with Crippen molar-refractivity contribution in [3.05, 3.63) is 28.8 Å². The zero-order valence-electron chi connectivity index (χ0n) is 10.8. The molecule has 0 unspecified atom stereocenters. The van der Waals surface area contributed by atoms with Crippen LogP contribution in [0.4, 0.5) is 0 Å². The van der Waals surface area contributed by atoms with Gasteiger partial charge in [0.2, 0.25) is 0 Å². The Morgan fingerprint density at radius 3 is 2.88 bits per heavy atom. The zero-order chi connectivity index (χ0) is 12.1. The second-order valence-electron chi connectivity index (χ2n) is 4.95. The molecule has 2 nitrogen and oxygen atoms in total. The van der Waals surface area contributed by atoms with Gasteiger partial charge in [-0.2, -0.15) is 0 Å². The SMILES string of the molecule is CCCCNCc1ccc2c(c1O)CCCC2. The third-order valence-corrected chi connectivity index (χ3v) is 3.61. The van der Waals surface area contributed by atoms with Crippen LogP contribution in [0, 0.1) is 0 Å². The van der Waals surface area contributed by atoms with Gasteiger partial charge >= 0.3 is 0 Å². The van der Waals surface area contributed by atoms with E-state index in [1.54, 1.807) is 0 Å². The summed E-state index contributed by atoms with van der Waals surface area (Å²) >= 11 is 0. The molecule has 0 radical (unpaired) electrons. The lowest BCUT2D eigenvalue weighted by Crippen LogP contribution is -2.15. The highest BCUT2D eigenvalue weighted by Gasteiger charge is 2.15. The molecule has 0 aliphatic heterocycles. The molecule has 1 aromatic carbocycles. The van der Waals surface area contributed by atoms with Crippen LogP contribution in [0.15, 0.2) is 12.1 Å². The average molecular weight is 233 g/mol. The van der Waals surface area contributed by atoms with Gasteiger partial charge in [0.15, 0.2) is 0 Å². The molecule has 0 atom stereocenters. The van der Waals surface area contributed by atoms with Crippen LogP contribution in [-0.4, -0.2) is 11.7 Å². The lowest BCUT2D eigenvalue weighted by Gasteiger charge is -2.19. The van der Waals surface area contributed by atoms with E-state index in [4.69, 9.17) is 0 Å². The largest absolute Gasteiger partial charge is 0.507 e. The van der Waals surface area contributed by atoms with E-state index in [1.165, 1.54) is 36.8 Å². The normalized spacial score (nSPS) is 14.6. The van der Waals surface area contributed by atoms with Crippen molar-refractivity contribution in [2.24, 2.45) is 0 Å². The number of phenolic OH excluding ortho intramolecular Hbond substituents is 1. The molecule has 0 fully saturated rings. The van der Waals surface area contributed by atoms with E-state index < -0.39 is 0 Å². The molecule has 0 saturated heterocycles. The Morgan fingerprint density at radius 2 is 2.06 bits per heavy atom. The topological polar surface area (TPSA) is 32.3 Å². The summed E-state index contributed by atoms with van der Waals surface area (Å²) in [7, 11) is 0. The van der Waals surface area contributed by atoms with Crippen molar-refractivity contribution < 1.29 is 5.11 Å². The minimum Gasteiger partial charge on any atom is -0.507 e. The maximum absolute atomic E-state index is 10.3. The predicted molar refractivity (Wildman–Crippen MR) is 71.4 cm³/mol. The monoisotopic (exact) mass is 233 g/mol. The van der Waals surface area contributed by atoms with Gasteiger partial charge in [0.25, 0.3) is 0 Å². The minimum atomic E-state index is 0.547. The second kappa shape index (κ2) is 6.06. The number of phenols is 1. The number of aromatic hydroxyl groups is 1. The Balaban J connectivity index is 2.03. The van der Waals surface area contributed by atoms with Gasteiger partial charge in [-0.05, 0) is 49.8 Å². The first-order chi connectivity index (χ1) is 8.33. The summed E-state index contributed by atoms with van der Waals surface area (Å²) in [6.07, 6.45) is 7.07. The number of rotatable bonds is 5. The third-order valence-electron chi connectivity index (χ3n) is 3.61. The van der Waals surface area contributed by atoms with Crippen molar-refractivity contribution >= 4 is 0 Å². The van der Waals surface area contributed by atoms with Crippen LogP contribution in [0.5, 0.6) is 5.75 Å². The summed E-state index contributed by atoms with van der Waals surface area (Å²) in [6, 6.07) is 4.28. The van der Waals surface area contributed by atoms with Gasteiger partial charge in [0.05, 0.1) is 0 Å². The van der Waals surface area contributed by atoms with E-state index in [0.29, 0.717) is 5.75 Å². The molecule has 0 saturated carbocycles. The molecule has 17 heavy (non-hydrogen) atoms. The van der Waals surface area contributed by atoms with Gasteiger partial charge in [-0.15, -0.1) is 0 Å². The van der Waals surface area contributed by atoms with Crippen LogP contribution in [0.3, 0.4) is 0 Å². The smallest absolute Gasteiger partial charge is 0.123 e. The Morgan fingerprint density at radius 1 is 1.24 bits per heavy atom. The fraction of sp³-hybridized carbons (Fsp3) is 0.600. The standard InChI is InChI=1S/C15H23NO/c1-2-3-10-16-11-13-9-8-12-6-4-5-7-14(12)15(13)17/h8-9,16-17H,2-7,10-11H2,1H3. The molecular weight excluding hydrogens is 210 g/mol. The number of aryl methyl sites for hydroxylation is 1. The first-order valence-corrected chi connectivity index (χ1v) is 6.86. The van der Waals surface area contributed by atoms with Crippen LogP contribution in [0.25, 0.3) is 0 Å². The van der Waals surface area contributed by atoms with E-state index in [1.807, 2.05) is 0 Å². The molecule has 0 amide bonds. The molecule has 0 bridgehead atoms. The molecule has 0 heterocycles. The van der Waals surface area contributed by atoms with Crippen molar-refractivity contribution in [3.63, 3.8) is 0 Å².